The summed E-state index contributed by atoms with van der Waals surface area (Å²) < 4.78 is 14.1. The van der Waals surface area contributed by atoms with Crippen molar-refractivity contribution in [3.05, 3.63) is 53.1 Å². The van der Waals surface area contributed by atoms with Crippen LogP contribution in [0.3, 0.4) is 0 Å². The van der Waals surface area contributed by atoms with Gasteiger partial charge in [0.25, 0.3) is 0 Å². The molecule has 6 nitrogen and oxygen atoms in total. The van der Waals surface area contributed by atoms with Crippen LogP contribution in [0, 0.1) is 11.7 Å². The number of nitrogens with zero attached hydrogens (tertiary/aromatic N) is 3. The van der Waals surface area contributed by atoms with Crippen LogP contribution >= 0.6 is 0 Å². The summed E-state index contributed by atoms with van der Waals surface area (Å²) in [7, 11) is 0. The third-order valence-corrected chi connectivity index (χ3v) is 8.01. The first-order valence-corrected chi connectivity index (χ1v) is 12.8. The maximum absolute atomic E-state index is 14.1. The number of imidazole rings is 1. The number of aryl methyl sites for hydroxylation is 1. The fourth-order valence-corrected chi connectivity index (χ4v) is 5.88. The van der Waals surface area contributed by atoms with Gasteiger partial charge in [0, 0.05) is 30.9 Å². The Bertz CT molecular complexity index is 1380. The Kier molecular flexibility index (Phi) is 5.60. The van der Waals surface area contributed by atoms with Gasteiger partial charge in [-0.3, -0.25) is 10.00 Å². The van der Waals surface area contributed by atoms with Gasteiger partial charge in [-0.05, 0) is 79.0 Å². The molecule has 2 aromatic carbocycles. The van der Waals surface area contributed by atoms with E-state index in [0.717, 1.165) is 70.2 Å². The highest BCUT2D eigenvalue weighted by Gasteiger charge is 2.29. The molecule has 0 unspecified atom stereocenters. The number of hydrogen-bond acceptors (Lipinski definition) is 4. The zero-order valence-electron chi connectivity index (χ0n) is 20.4. The molecular formula is C28H32FN5O. The topological polar surface area (TPSA) is 80.8 Å². The van der Waals surface area contributed by atoms with E-state index in [9.17, 15) is 9.50 Å². The molecule has 3 heterocycles. The molecule has 1 aliphatic carbocycles. The van der Waals surface area contributed by atoms with Crippen LogP contribution in [0.4, 0.5) is 4.39 Å². The van der Waals surface area contributed by atoms with E-state index in [1.54, 1.807) is 0 Å². The number of aromatic amines is 2. The summed E-state index contributed by atoms with van der Waals surface area (Å²) in [5.41, 5.74) is 6.63. The number of benzene rings is 2. The number of rotatable bonds is 4. The van der Waals surface area contributed by atoms with Crippen molar-refractivity contribution in [2.45, 2.75) is 65.0 Å². The molecule has 0 radical (unpaired) electrons. The Morgan fingerprint density at radius 1 is 1.14 bits per heavy atom. The van der Waals surface area contributed by atoms with Crippen LogP contribution in [0.5, 0.6) is 5.75 Å². The molecule has 182 valence electrons. The van der Waals surface area contributed by atoms with Crippen molar-refractivity contribution >= 4 is 10.9 Å². The van der Waals surface area contributed by atoms with Gasteiger partial charge in [-0.25, -0.2) is 9.37 Å². The van der Waals surface area contributed by atoms with Crippen molar-refractivity contribution < 1.29 is 9.50 Å². The molecule has 4 aromatic rings. The lowest BCUT2D eigenvalue weighted by molar-refractivity contribution is 0.124. The van der Waals surface area contributed by atoms with Gasteiger partial charge in [-0.2, -0.15) is 5.10 Å². The number of hydrogen-bond donors (Lipinski definition) is 3. The molecular weight excluding hydrogens is 441 g/mol. The van der Waals surface area contributed by atoms with E-state index >= 15 is 0 Å². The molecule has 35 heavy (non-hydrogen) atoms. The molecule has 1 fully saturated rings. The normalized spacial score (nSPS) is 20.9. The van der Waals surface area contributed by atoms with Gasteiger partial charge < -0.3 is 10.1 Å². The zero-order chi connectivity index (χ0) is 24.1. The molecule has 2 aromatic heterocycles. The molecule has 0 bridgehead atoms. The standard InChI is InChI=1S/C28H32FN5O/c1-3-17-13-26(35)22(29)14-21(17)18-6-9-20-24(12-18)32-33-27(20)28-30-23-10-11-34(15-25(23)31-28)19-7-4-16(2)5-8-19/h6,9,12-14,16,19,35H,3-5,7-8,10-11,15H2,1-2H3,(H,30,31)(H,32,33). The van der Waals surface area contributed by atoms with Crippen molar-refractivity contribution in [1.29, 1.82) is 0 Å². The quantitative estimate of drug-likeness (QED) is 0.341. The van der Waals surface area contributed by atoms with Crippen molar-refractivity contribution in [3.8, 4) is 28.4 Å². The molecule has 2 aliphatic rings. The van der Waals surface area contributed by atoms with E-state index in [1.807, 2.05) is 25.1 Å². The van der Waals surface area contributed by atoms with Gasteiger partial charge in [0.1, 0.15) is 5.69 Å². The smallest absolute Gasteiger partial charge is 0.165 e. The number of phenols is 1. The Hall–Kier alpha value is -3.19. The van der Waals surface area contributed by atoms with Crippen molar-refractivity contribution in [3.63, 3.8) is 0 Å². The molecule has 1 aliphatic heterocycles. The van der Waals surface area contributed by atoms with Crippen molar-refractivity contribution in [2.24, 2.45) is 5.92 Å². The molecule has 0 atom stereocenters. The van der Waals surface area contributed by atoms with Crippen LogP contribution < -0.4 is 0 Å². The maximum atomic E-state index is 14.1. The van der Waals surface area contributed by atoms with Crippen LogP contribution in [-0.2, 0) is 19.4 Å². The Morgan fingerprint density at radius 3 is 2.77 bits per heavy atom. The lowest BCUT2D eigenvalue weighted by Crippen LogP contribution is -2.41. The predicted octanol–water partition coefficient (Wildman–Crippen LogP) is 5.96. The number of nitrogens with one attached hydrogen (secondary N) is 2. The van der Waals surface area contributed by atoms with E-state index < -0.39 is 5.82 Å². The van der Waals surface area contributed by atoms with Crippen molar-refractivity contribution in [2.75, 3.05) is 6.54 Å². The summed E-state index contributed by atoms with van der Waals surface area (Å²) in [4.78, 5) is 11.1. The monoisotopic (exact) mass is 473 g/mol. The van der Waals surface area contributed by atoms with Crippen LogP contribution in [0.2, 0.25) is 0 Å². The number of aromatic nitrogens is 4. The molecule has 0 saturated heterocycles. The number of aromatic hydroxyl groups is 1. The molecule has 7 heteroatoms. The highest BCUT2D eigenvalue weighted by Crippen LogP contribution is 2.35. The SMILES string of the molecule is CCc1cc(O)c(F)cc1-c1ccc2c(-c3nc4c([nH]3)CN(C3CCC(C)CC3)CC4)n[nH]c2c1. The van der Waals surface area contributed by atoms with Crippen LogP contribution in [-0.4, -0.2) is 42.8 Å². The lowest BCUT2D eigenvalue weighted by atomic mass is 9.86. The van der Waals surface area contributed by atoms with E-state index in [2.05, 4.69) is 27.0 Å². The first kappa shape index (κ1) is 22.3. The summed E-state index contributed by atoms with van der Waals surface area (Å²) >= 11 is 0. The molecule has 1 saturated carbocycles. The van der Waals surface area contributed by atoms with Gasteiger partial charge in [0.05, 0.1) is 16.9 Å². The number of H-pyrrole nitrogens is 2. The Balaban J connectivity index is 1.28. The highest BCUT2D eigenvalue weighted by molar-refractivity contribution is 5.94. The van der Waals surface area contributed by atoms with Crippen LogP contribution in [0.25, 0.3) is 33.5 Å². The second kappa shape index (κ2) is 8.79. The predicted molar refractivity (Wildman–Crippen MR) is 136 cm³/mol. The largest absolute Gasteiger partial charge is 0.505 e. The Labute approximate surface area is 204 Å². The third-order valence-electron chi connectivity index (χ3n) is 8.01. The molecule has 0 spiro atoms. The van der Waals surface area contributed by atoms with E-state index in [0.29, 0.717) is 12.5 Å². The van der Waals surface area contributed by atoms with E-state index in [4.69, 9.17) is 4.98 Å². The Morgan fingerprint density at radius 2 is 1.97 bits per heavy atom. The van der Waals surface area contributed by atoms with Gasteiger partial charge in [0.15, 0.2) is 17.4 Å². The second-order valence-corrected chi connectivity index (χ2v) is 10.3. The van der Waals surface area contributed by atoms with Gasteiger partial charge in [-0.15, -0.1) is 0 Å². The second-order valence-electron chi connectivity index (χ2n) is 10.3. The maximum Gasteiger partial charge on any atom is 0.165 e. The number of phenolic OH excluding ortho intramolecular Hbond substituents is 1. The minimum Gasteiger partial charge on any atom is -0.505 e. The molecule has 3 N–H and O–H groups in total. The van der Waals surface area contributed by atoms with E-state index in [-0.39, 0.29) is 5.75 Å². The average molecular weight is 474 g/mol. The summed E-state index contributed by atoms with van der Waals surface area (Å²) in [5, 5.41) is 18.5. The number of fused-ring (bicyclic) bond motifs is 2. The molecule has 6 rings (SSSR count). The van der Waals surface area contributed by atoms with Crippen LogP contribution in [0.15, 0.2) is 30.3 Å². The molecule has 0 amide bonds. The summed E-state index contributed by atoms with van der Waals surface area (Å²) in [5.74, 6) is 0.743. The van der Waals surface area contributed by atoms with Gasteiger partial charge >= 0.3 is 0 Å². The van der Waals surface area contributed by atoms with Crippen molar-refractivity contribution in [1.82, 2.24) is 25.1 Å². The summed E-state index contributed by atoms with van der Waals surface area (Å²) in [6.07, 6.45) is 6.93. The summed E-state index contributed by atoms with van der Waals surface area (Å²) in [6.45, 7) is 6.37. The fraction of sp³-hybridized carbons (Fsp3) is 0.429. The highest BCUT2D eigenvalue weighted by atomic mass is 19.1. The van der Waals surface area contributed by atoms with Gasteiger partial charge in [0.2, 0.25) is 0 Å². The average Bonchev–Trinajstić information content (AvgIpc) is 3.48. The first-order chi connectivity index (χ1) is 17.0. The number of halogens is 1. The lowest BCUT2D eigenvalue weighted by Gasteiger charge is -2.37. The van der Waals surface area contributed by atoms with Crippen LogP contribution in [0.1, 0.15) is 56.5 Å². The third kappa shape index (κ3) is 4.01. The minimum atomic E-state index is -0.611. The van der Waals surface area contributed by atoms with Gasteiger partial charge in [-0.1, -0.05) is 19.9 Å². The zero-order valence-corrected chi connectivity index (χ0v) is 20.4. The summed E-state index contributed by atoms with van der Waals surface area (Å²) in [6, 6.07) is 9.61. The van der Waals surface area contributed by atoms with E-state index in [1.165, 1.54) is 43.5 Å². The fourth-order valence-electron chi connectivity index (χ4n) is 5.88. The first-order valence-electron chi connectivity index (χ1n) is 12.8. The minimum absolute atomic E-state index is 0.311.